The number of carbonyl (C=O) groups is 1. The number of rotatable bonds is 11. The molecule has 0 fully saturated rings. The monoisotopic (exact) mass is 578 g/mol. The average Bonchev–Trinajstić information content (AvgIpc) is 3.35. The Bertz CT molecular complexity index is 1550. The molecule has 0 saturated heterocycles. The number of fused-ring (bicyclic) bond motifs is 1. The largest absolute Gasteiger partial charge is 0.488 e. The number of halogens is 1. The molecule has 2 aromatic heterocycles. The first-order valence-electron chi connectivity index (χ1n) is 14.0. The molecule has 2 aromatic carbocycles. The number of nitrogens with zero attached hydrogens (tertiary/aromatic N) is 2. The standard InChI is InChI=1S/C33H39FN2O4S/c1-7-39-32(37)19-25-8-9-26(34)20-31(25)40-21-23-16-29(28-11-14-36(22(2)3)30(28)17-23)24-10-13-35-27(18-24)12-15-41(38)33(4,5)6/h8-11,13-14,16-18,20,22H,7,12,15,19,21H2,1-6H3/t41-/m1/s1. The maximum absolute atomic E-state index is 14.1. The van der Waals surface area contributed by atoms with Crippen molar-refractivity contribution < 1.29 is 22.9 Å². The second-order valence-electron chi connectivity index (χ2n) is 11.4. The van der Waals surface area contributed by atoms with Crippen LogP contribution in [0.25, 0.3) is 22.0 Å². The molecule has 0 saturated carbocycles. The molecule has 0 aliphatic carbocycles. The van der Waals surface area contributed by atoms with Gasteiger partial charge in [0.15, 0.2) is 0 Å². The molecule has 0 amide bonds. The highest BCUT2D eigenvalue weighted by Gasteiger charge is 2.20. The molecule has 6 nitrogen and oxygen atoms in total. The van der Waals surface area contributed by atoms with Gasteiger partial charge in [-0.15, -0.1) is 0 Å². The van der Waals surface area contributed by atoms with Crippen LogP contribution in [0, 0.1) is 5.82 Å². The zero-order valence-corrected chi connectivity index (χ0v) is 25.5. The van der Waals surface area contributed by atoms with E-state index < -0.39 is 16.6 Å². The molecule has 0 bridgehead atoms. The van der Waals surface area contributed by atoms with Crippen LogP contribution in [0.5, 0.6) is 5.75 Å². The van der Waals surface area contributed by atoms with Crippen molar-refractivity contribution >= 4 is 27.7 Å². The number of aromatic nitrogens is 2. The van der Waals surface area contributed by atoms with E-state index >= 15 is 0 Å². The molecule has 4 aromatic rings. The van der Waals surface area contributed by atoms with Crippen molar-refractivity contribution in [3.63, 3.8) is 0 Å². The summed E-state index contributed by atoms with van der Waals surface area (Å²) in [5.74, 6) is 0.0442. The Balaban J connectivity index is 1.68. The zero-order valence-electron chi connectivity index (χ0n) is 24.7. The lowest BCUT2D eigenvalue weighted by molar-refractivity contribution is -0.142. The number of benzene rings is 2. The fourth-order valence-corrected chi connectivity index (χ4v) is 5.72. The molecule has 0 unspecified atom stereocenters. The molecular weight excluding hydrogens is 539 g/mol. The number of hydrogen-bond donors (Lipinski definition) is 0. The minimum absolute atomic E-state index is 0.00370. The smallest absolute Gasteiger partial charge is 0.310 e. The van der Waals surface area contributed by atoms with Gasteiger partial charge in [0.25, 0.3) is 0 Å². The maximum atomic E-state index is 14.1. The van der Waals surface area contributed by atoms with Gasteiger partial charge in [-0.05, 0) is 94.6 Å². The van der Waals surface area contributed by atoms with Crippen LogP contribution in [0.15, 0.2) is 60.9 Å². The van der Waals surface area contributed by atoms with Crippen LogP contribution in [0.2, 0.25) is 0 Å². The summed E-state index contributed by atoms with van der Waals surface area (Å²) in [5.41, 5.74) is 5.48. The van der Waals surface area contributed by atoms with Gasteiger partial charge in [0.05, 0.1) is 13.0 Å². The Morgan fingerprint density at radius 1 is 1.10 bits per heavy atom. The van der Waals surface area contributed by atoms with Crippen molar-refractivity contribution in [3.8, 4) is 16.9 Å². The van der Waals surface area contributed by atoms with Crippen molar-refractivity contribution in [2.24, 2.45) is 0 Å². The van der Waals surface area contributed by atoms with E-state index in [4.69, 9.17) is 9.47 Å². The molecule has 4 rings (SSSR count). The van der Waals surface area contributed by atoms with Gasteiger partial charge < -0.3 is 14.0 Å². The fraction of sp³-hybridized carbons (Fsp3) is 0.394. The predicted molar refractivity (Wildman–Crippen MR) is 163 cm³/mol. The average molecular weight is 579 g/mol. The summed E-state index contributed by atoms with van der Waals surface area (Å²) < 4.78 is 39.9. The van der Waals surface area contributed by atoms with Crippen LogP contribution in [0.3, 0.4) is 0 Å². The first-order valence-corrected chi connectivity index (χ1v) is 15.3. The van der Waals surface area contributed by atoms with Crippen molar-refractivity contribution in [2.75, 3.05) is 12.4 Å². The highest BCUT2D eigenvalue weighted by molar-refractivity contribution is 7.86. The summed E-state index contributed by atoms with van der Waals surface area (Å²) in [6.07, 6.45) is 4.51. The lowest BCUT2D eigenvalue weighted by atomic mass is 9.99. The summed E-state index contributed by atoms with van der Waals surface area (Å²) in [4.78, 5) is 16.7. The molecule has 0 aliphatic rings. The Morgan fingerprint density at radius 3 is 2.59 bits per heavy atom. The molecule has 8 heteroatoms. The topological polar surface area (TPSA) is 70.4 Å². The van der Waals surface area contributed by atoms with Gasteiger partial charge in [0, 0.05) is 74.4 Å². The predicted octanol–water partition coefficient (Wildman–Crippen LogP) is 7.20. The van der Waals surface area contributed by atoms with E-state index in [2.05, 4.69) is 53.9 Å². The van der Waals surface area contributed by atoms with Gasteiger partial charge in [-0.1, -0.05) is 6.07 Å². The normalized spacial score (nSPS) is 12.6. The summed E-state index contributed by atoms with van der Waals surface area (Å²) in [7, 11) is -0.962. The van der Waals surface area contributed by atoms with Crippen LogP contribution in [0.1, 0.15) is 64.4 Å². The van der Waals surface area contributed by atoms with Gasteiger partial charge in [-0.3, -0.25) is 14.0 Å². The second kappa shape index (κ2) is 13.0. The van der Waals surface area contributed by atoms with Crippen LogP contribution in [-0.2, 0) is 39.8 Å². The van der Waals surface area contributed by atoms with Crippen molar-refractivity contribution in [1.29, 1.82) is 0 Å². The van der Waals surface area contributed by atoms with E-state index in [0.717, 1.165) is 33.3 Å². The highest BCUT2D eigenvalue weighted by atomic mass is 32.2. The number of hydrogen-bond acceptors (Lipinski definition) is 5. The minimum atomic E-state index is -0.962. The fourth-order valence-electron chi connectivity index (χ4n) is 4.72. The second-order valence-corrected chi connectivity index (χ2v) is 13.7. The number of ether oxygens (including phenoxy) is 2. The van der Waals surface area contributed by atoms with Crippen LogP contribution in [-0.4, -0.2) is 36.8 Å². The quantitative estimate of drug-likeness (QED) is 0.176. The molecule has 1 atom stereocenters. The molecule has 218 valence electrons. The number of esters is 1. The van der Waals surface area contributed by atoms with Crippen molar-refractivity contribution in [1.82, 2.24) is 9.55 Å². The Labute approximate surface area is 244 Å². The van der Waals surface area contributed by atoms with Crippen molar-refractivity contribution in [2.45, 2.75) is 71.8 Å². The molecule has 0 aliphatic heterocycles. The third-order valence-electron chi connectivity index (χ3n) is 6.87. The van der Waals surface area contributed by atoms with E-state index in [0.29, 0.717) is 23.5 Å². The van der Waals surface area contributed by atoms with Gasteiger partial charge in [0.2, 0.25) is 0 Å². The third-order valence-corrected chi connectivity index (χ3v) is 8.81. The summed E-state index contributed by atoms with van der Waals surface area (Å²) >= 11 is 0. The Morgan fingerprint density at radius 2 is 1.88 bits per heavy atom. The van der Waals surface area contributed by atoms with Crippen molar-refractivity contribution in [3.05, 3.63) is 83.6 Å². The van der Waals surface area contributed by atoms with E-state index in [1.807, 2.05) is 26.8 Å². The van der Waals surface area contributed by atoms with Gasteiger partial charge in [0.1, 0.15) is 18.2 Å². The lowest BCUT2D eigenvalue weighted by Gasteiger charge is -2.17. The molecular formula is C33H39FN2O4S. The van der Waals surface area contributed by atoms with Gasteiger partial charge in [-0.2, -0.15) is 0 Å². The molecule has 2 heterocycles. The Kier molecular flexibility index (Phi) is 9.64. The summed E-state index contributed by atoms with van der Waals surface area (Å²) in [6, 6.07) is 14.8. The third kappa shape index (κ3) is 7.61. The summed E-state index contributed by atoms with van der Waals surface area (Å²) in [6.45, 7) is 12.4. The number of aryl methyl sites for hydroxylation is 1. The van der Waals surface area contributed by atoms with E-state index in [9.17, 15) is 13.4 Å². The van der Waals surface area contributed by atoms with Crippen LogP contribution >= 0.6 is 0 Å². The van der Waals surface area contributed by atoms with E-state index in [-0.39, 0.29) is 36.4 Å². The first kappa shape index (κ1) is 30.4. The van der Waals surface area contributed by atoms with E-state index in [1.54, 1.807) is 19.2 Å². The summed E-state index contributed by atoms with van der Waals surface area (Å²) in [5, 5.41) is 1.10. The van der Waals surface area contributed by atoms with Gasteiger partial charge in [-0.25, -0.2) is 4.39 Å². The number of pyridine rings is 1. The van der Waals surface area contributed by atoms with Gasteiger partial charge >= 0.3 is 5.97 Å². The SMILES string of the molecule is CCOC(=O)Cc1ccc(F)cc1OCc1cc(-c2ccnc(CC[S@@](=O)C(C)(C)C)c2)c2ccn(C(C)C)c2c1. The minimum Gasteiger partial charge on any atom is -0.488 e. The number of carbonyl (C=O) groups excluding carboxylic acids is 1. The first-order chi connectivity index (χ1) is 19.5. The molecule has 0 spiro atoms. The lowest BCUT2D eigenvalue weighted by Crippen LogP contribution is -2.25. The molecule has 0 radical (unpaired) electrons. The zero-order chi connectivity index (χ0) is 29.7. The molecule has 41 heavy (non-hydrogen) atoms. The van der Waals surface area contributed by atoms with Crippen LogP contribution in [0.4, 0.5) is 4.39 Å². The maximum Gasteiger partial charge on any atom is 0.310 e. The highest BCUT2D eigenvalue weighted by Crippen LogP contribution is 2.33. The van der Waals surface area contributed by atoms with Crippen LogP contribution < -0.4 is 4.74 Å². The molecule has 0 N–H and O–H groups in total. The van der Waals surface area contributed by atoms with E-state index in [1.165, 1.54) is 12.1 Å². The Hall–Kier alpha value is -3.52.